The fourth-order valence-corrected chi connectivity index (χ4v) is 2.32. The molecule has 0 bridgehead atoms. The minimum Gasteiger partial charge on any atom is -0.325 e. The first-order valence-corrected chi connectivity index (χ1v) is 7.27. The maximum atomic E-state index is 11.9. The number of rotatable bonds is 7. The molecule has 1 fully saturated rings. The van der Waals surface area contributed by atoms with Crippen molar-refractivity contribution in [3.63, 3.8) is 0 Å². The molecule has 3 heteroatoms. The summed E-state index contributed by atoms with van der Waals surface area (Å²) in [6.07, 6.45) is 5.05. The van der Waals surface area contributed by atoms with E-state index in [-0.39, 0.29) is 5.91 Å². The third-order valence-corrected chi connectivity index (χ3v) is 3.66. The van der Waals surface area contributed by atoms with Crippen molar-refractivity contribution in [1.82, 2.24) is 5.32 Å². The predicted molar refractivity (Wildman–Crippen MR) is 79.2 cm³/mol. The molecule has 104 valence electrons. The predicted octanol–water partition coefficient (Wildman–Crippen LogP) is 3.10. The zero-order valence-electron chi connectivity index (χ0n) is 11.9. The fourth-order valence-electron chi connectivity index (χ4n) is 2.32. The molecule has 2 N–H and O–H groups in total. The Hall–Kier alpha value is -1.35. The largest absolute Gasteiger partial charge is 0.325 e. The van der Waals surface area contributed by atoms with Gasteiger partial charge in [0, 0.05) is 11.7 Å². The van der Waals surface area contributed by atoms with Gasteiger partial charge in [-0.25, -0.2) is 0 Å². The molecule has 1 amide bonds. The lowest BCUT2D eigenvalue weighted by Gasteiger charge is -2.16. The van der Waals surface area contributed by atoms with Crippen LogP contribution in [0.5, 0.6) is 0 Å². The Bertz CT molecular complexity index is 427. The average Bonchev–Trinajstić information content (AvgIpc) is 3.18. The SMILES string of the molecule is CCC(CC1CC1)NCC(=O)Nc1cccc(C)c1. The Labute approximate surface area is 115 Å². The summed E-state index contributed by atoms with van der Waals surface area (Å²) >= 11 is 0. The number of carbonyl (C=O) groups excluding carboxylic acids is 1. The van der Waals surface area contributed by atoms with Gasteiger partial charge in [0.05, 0.1) is 6.54 Å². The molecular formula is C16H24N2O. The summed E-state index contributed by atoms with van der Waals surface area (Å²) in [6, 6.07) is 8.37. The van der Waals surface area contributed by atoms with E-state index in [9.17, 15) is 4.79 Å². The van der Waals surface area contributed by atoms with E-state index in [4.69, 9.17) is 0 Å². The highest BCUT2D eigenvalue weighted by atomic mass is 16.1. The van der Waals surface area contributed by atoms with Gasteiger partial charge in [-0.3, -0.25) is 4.79 Å². The molecule has 1 saturated carbocycles. The molecule has 0 heterocycles. The molecule has 1 aromatic carbocycles. The van der Waals surface area contributed by atoms with E-state index in [0.29, 0.717) is 12.6 Å². The molecule has 0 spiro atoms. The third-order valence-electron chi connectivity index (χ3n) is 3.66. The van der Waals surface area contributed by atoms with Crippen LogP contribution >= 0.6 is 0 Å². The van der Waals surface area contributed by atoms with E-state index in [1.165, 1.54) is 19.3 Å². The topological polar surface area (TPSA) is 41.1 Å². The molecule has 1 aliphatic carbocycles. The summed E-state index contributed by atoms with van der Waals surface area (Å²) in [7, 11) is 0. The van der Waals surface area contributed by atoms with E-state index in [2.05, 4.69) is 17.6 Å². The smallest absolute Gasteiger partial charge is 0.238 e. The minimum atomic E-state index is 0.0415. The Morgan fingerprint density at radius 1 is 1.42 bits per heavy atom. The van der Waals surface area contributed by atoms with Crippen LogP contribution in [0.25, 0.3) is 0 Å². The summed E-state index contributed by atoms with van der Waals surface area (Å²) in [6.45, 7) is 4.61. The summed E-state index contributed by atoms with van der Waals surface area (Å²) in [5.74, 6) is 0.942. The molecule has 0 radical (unpaired) electrons. The van der Waals surface area contributed by atoms with Crippen LogP contribution in [0.1, 0.15) is 38.2 Å². The number of hydrogen-bond acceptors (Lipinski definition) is 2. The first-order chi connectivity index (χ1) is 9.17. The third kappa shape index (κ3) is 5.03. The second kappa shape index (κ2) is 6.71. The molecule has 1 atom stereocenters. The summed E-state index contributed by atoms with van der Waals surface area (Å²) in [4.78, 5) is 11.9. The van der Waals surface area contributed by atoms with Gasteiger partial charge < -0.3 is 10.6 Å². The zero-order valence-corrected chi connectivity index (χ0v) is 11.9. The quantitative estimate of drug-likeness (QED) is 0.791. The first-order valence-electron chi connectivity index (χ1n) is 7.27. The van der Waals surface area contributed by atoms with Crippen molar-refractivity contribution in [1.29, 1.82) is 0 Å². The van der Waals surface area contributed by atoms with Crippen molar-refractivity contribution < 1.29 is 4.79 Å². The van der Waals surface area contributed by atoms with Gasteiger partial charge in [-0.05, 0) is 43.4 Å². The van der Waals surface area contributed by atoms with E-state index in [0.717, 1.165) is 23.6 Å². The number of nitrogens with one attached hydrogen (secondary N) is 2. The highest BCUT2D eigenvalue weighted by Crippen LogP contribution is 2.33. The average molecular weight is 260 g/mol. The molecule has 0 saturated heterocycles. The Morgan fingerprint density at radius 3 is 2.84 bits per heavy atom. The van der Waals surface area contributed by atoms with Crippen molar-refractivity contribution in [2.75, 3.05) is 11.9 Å². The van der Waals surface area contributed by atoms with Crippen molar-refractivity contribution >= 4 is 11.6 Å². The zero-order chi connectivity index (χ0) is 13.7. The van der Waals surface area contributed by atoms with Crippen molar-refractivity contribution in [3.8, 4) is 0 Å². The van der Waals surface area contributed by atoms with Gasteiger partial charge in [-0.1, -0.05) is 31.9 Å². The van der Waals surface area contributed by atoms with Gasteiger partial charge in [0.1, 0.15) is 0 Å². The maximum absolute atomic E-state index is 11.9. The number of benzene rings is 1. The highest BCUT2D eigenvalue weighted by Gasteiger charge is 2.24. The van der Waals surface area contributed by atoms with E-state index in [1.807, 2.05) is 31.2 Å². The molecular weight excluding hydrogens is 236 g/mol. The van der Waals surface area contributed by atoms with Crippen molar-refractivity contribution in [2.45, 2.75) is 45.6 Å². The monoisotopic (exact) mass is 260 g/mol. The van der Waals surface area contributed by atoms with Crippen LogP contribution in [0.3, 0.4) is 0 Å². The summed E-state index contributed by atoms with van der Waals surface area (Å²) < 4.78 is 0. The number of hydrogen-bond donors (Lipinski definition) is 2. The van der Waals surface area contributed by atoms with E-state index in [1.54, 1.807) is 0 Å². The number of carbonyl (C=O) groups is 1. The Balaban J connectivity index is 1.74. The van der Waals surface area contributed by atoms with Crippen LogP contribution in [0, 0.1) is 12.8 Å². The lowest BCUT2D eigenvalue weighted by Crippen LogP contribution is -2.36. The highest BCUT2D eigenvalue weighted by molar-refractivity contribution is 5.92. The van der Waals surface area contributed by atoms with Crippen LogP contribution in [-0.4, -0.2) is 18.5 Å². The van der Waals surface area contributed by atoms with Crippen molar-refractivity contribution in [2.24, 2.45) is 5.92 Å². The van der Waals surface area contributed by atoms with Crippen LogP contribution in [0.4, 0.5) is 5.69 Å². The summed E-state index contributed by atoms with van der Waals surface area (Å²) in [5.41, 5.74) is 2.04. The molecule has 2 rings (SSSR count). The minimum absolute atomic E-state index is 0.0415. The molecule has 0 aliphatic heterocycles. The lowest BCUT2D eigenvalue weighted by molar-refractivity contribution is -0.115. The fraction of sp³-hybridized carbons (Fsp3) is 0.562. The van der Waals surface area contributed by atoms with Gasteiger partial charge >= 0.3 is 0 Å². The van der Waals surface area contributed by atoms with E-state index < -0.39 is 0 Å². The van der Waals surface area contributed by atoms with Gasteiger partial charge in [0.25, 0.3) is 0 Å². The lowest BCUT2D eigenvalue weighted by atomic mass is 10.1. The van der Waals surface area contributed by atoms with Gasteiger partial charge in [0.15, 0.2) is 0 Å². The van der Waals surface area contributed by atoms with Crippen LogP contribution in [-0.2, 0) is 4.79 Å². The van der Waals surface area contributed by atoms with Gasteiger partial charge in [-0.2, -0.15) is 0 Å². The second-order valence-electron chi connectivity index (χ2n) is 5.58. The van der Waals surface area contributed by atoms with Crippen LogP contribution in [0.15, 0.2) is 24.3 Å². The standard InChI is InChI=1S/C16H24N2O/c1-3-14(10-13-7-8-13)17-11-16(19)18-15-6-4-5-12(2)9-15/h4-6,9,13-14,17H,3,7-8,10-11H2,1-2H3,(H,18,19). The molecule has 19 heavy (non-hydrogen) atoms. The molecule has 1 unspecified atom stereocenters. The van der Waals surface area contributed by atoms with Crippen molar-refractivity contribution in [3.05, 3.63) is 29.8 Å². The molecule has 3 nitrogen and oxygen atoms in total. The maximum Gasteiger partial charge on any atom is 0.238 e. The van der Waals surface area contributed by atoms with E-state index >= 15 is 0 Å². The normalized spacial score (nSPS) is 16.1. The van der Waals surface area contributed by atoms with Crippen LogP contribution < -0.4 is 10.6 Å². The summed E-state index contributed by atoms with van der Waals surface area (Å²) in [5, 5.41) is 6.29. The Kier molecular flexibility index (Phi) is 4.97. The molecule has 1 aliphatic rings. The number of anilines is 1. The molecule has 0 aromatic heterocycles. The van der Waals surface area contributed by atoms with Gasteiger partial charge in [-0.15, -0.1) is 0 Å². The van der Waals surface area contributed by atoms with Gasteiger partial charge in [0.2, 0.25) is 5.91 Å². The first kappa shape index (κ1) is 14.1. The van der Waals surface area contributed by atoms with Crippen LogP contribution in [0.2, 0.25) is 0 Å². The molecule has 1 aromatic rings. The number of amides is 1. The second-order valence-corrected chi connectivity index (χ2v) is 5.58. The number of aryl methyl sites for hydroxylation is 1. The Morgan fingerprint density at radius 2 is 2.21 bits per heavy atom.